The molecule has 1 N–H and O–H groups in total. The van der Waals surface area contributed by atoms with Crippen molar-refractivity contribution in [3.8, 4) is 11.6 Å². The highest BCUT2D eigenvalue weighted by molar-refractivity contribution is 5.73. The van der Waals surface area contributed by atoms with Gasteiger partial charge < -0.3 is 4.52 Å². The van der Waals surface area contributed by atoms with Crippen molar-refractivity contribution in [2.75, 3.05) is 0 Å². The molecule has 0 radical (unpaired) electrons. The molecular weight excluding hydrogens is 374 g/mol. The monoisotopic (exact) mass is 390 g/mol. The second-order valence-corrected chi connectivity index (χ2v) is 7.09. The third-order valence-electron chi connectivity index (χ3n) is 5.33. The minimum atomic E-state index is -0.872. The van der Waals surface area contributed by atoms with Gasteiger partial charge in [-0.25, -0.2) is 8.78 Å². The van der Waals surface area contributed by atoms with Crippen molar-refractivity contribution in [3.05, 3.63) is 94.5 Å². The Bertz CT molecular complexity index is 1230. The molecule has 4 aromatic rings. The minimum Gasteiger partial charge on any atom is -0.332 e. The van der Waals surface area contributed by atoms with E-state index in [0.29, 0.717) is 29.4 Å². The number of hydrogen-bond donors (Lipinski definition) is 1. The average Bonchev–Trinajstić information content (AvgIpc) is 3.35. The average molecular weight is 390 g/mol. The maximum atomic E-state index is 14.1. The maximum absolute atomic E-state index is 14.1. The Balaban J connectivity index is 1.67. The minimum absolute atomic E-state index is 0.338. The Morgan fingerprint density at radius 1 is 1.03 bits per heavy atom. The maximum Gasteiger partial charge on any atom is 0.279 e. The Kier molecular flexibility index (Phi) is 3.91. The zero-order valence-electron chi connectivity index (χ0n) is 15.5. The van der Waals surface area contributed by atoms with Crippen LogP contribution in [-0.4, -0.2) is 20.3 Å². The summed E-state index contributed by atoms with van der Waals surface area (Å²) in [6.07, 6.45) is 4.42. The fourth-order valence-corrected chi connectivity index (χ4v) is 3.89. The first-order chi connectivity index (χ1) is 14.1. The van der Waals surface area contributed by atoms with Gasteiger partial charge in [0, 0.05) is 23.1 Å². The zero-order chi connectivity index (χ0) is 20.0. The summed E-state index contributed by atoms with van der Waals surface area (Å²) in [7, 11) is 0. The number of benzene rings is 2. The number of allylic oxidation sites excluding steroid dienone is 1. The number of rotatable bonds is 3. The van der Waals surface area contributed by atoms with E-state index in [1.54, 1.807) is 13.0 Å². The van der Waals surface area contributed by atoms with E-state index in [9.17, 15) is 8.78 Å². The molecular formula is C22H16F2N4O. The Morgan fingerprint density at radius 3 is 2.59 bits per heavy atom. The third-order valence-corrected chi connectivity index (χ3v) is 5.33. The number of fused-ring (bicyclic) bond motifs is 1. The van der Waals surface area contributed by atoms with Gasteiger partial charge in [-0.15, -0.1) is 0 Å². The Morgan fingerprint density at radius 2 is 1.86 bits per heavy atom. The molecule has 1 aliphatic rings. The van der Waals surface area contributed by atoms with Gasteiger partial charge in [-0.2, -0.15) is 10.1 Å². The highest BCUT2D eigenvalue weighted by Gasteiger charge is 2.37. The van der Waals surface area contributed by atoms with Crippen molar-refractivity contribution in [1.82, 2.24) is 20.3 Å². The molecule has 0 spiro atoms. The quantitative estimate of drug-likeness (QED) is 0.555. The molecule has 0 aliphatic heterocycles. The molecule has 0 bridgehead atoms. The third kappa shape index (κ3) is 2.77. The SMILES string of the molecule is Cc1noc(-c2n[nH]c3c2C=CC(c2ccccc2)(c2ccc(F)c(F)c2)C3)n1. The molecule has 0 saturated carbocycles. The largest absolute Gasteiger partial charge is 0.332 e. The van der Waals surface area contributed by atoms with Crippen molar-refractivity contribution >= 4 is 6.08 Å². The van der Waals surface area contributed by atoms with Gasteiger partial charge >= 0.3 is 0 Å². The highest BCUT2D eigenvalue weighted by atomic mass is 19.2. The summed E-state index contributed by atoms with van der Waals surface area (Å²) in [5.41, 5.74) is 3.24. The van der Waals surface area contributed by atoms with E-state index < -0.39 is 17.0 Å². The van der Waals surface area contributed by atoms with Crippen molar-refractivity contribution < 1.29 is 13.3 Å². The molecule has 0 saturated heterocycles. The molecule has 2 aromatic heterocycles. The predicted molar refractivity (Wildman–Crippen MR) is 103 cm³/mol. The lowest BCUT2D eigenvalue weighted by atomic mass is 9.68. The van der Waals surface area contributed by atoms with Crippen LogP contribution in [0.3, 0.4) is 0 Å². The van der Waals surface area contributed by atoms with Crippen LogP contribution >= 0.6 is 0 Å². The molecule has 1 unspecified atom stereocenters. The fraction of sp³-hybridized carbons (Fsp3) is 0.136. The Hall–Kier alpha value is -3.61. The van der Waals surface area contributed by atoms with Crippen LogP contribution in [0.25, 0.3) is 17.7 Å². The number of aryl methyl sites for hydroxylation is 1. The van der Waals surface area contributed by atoms with Gasteiger partial charge in [0.05, 0.1) is 0 Å². The van der Waals surface area contributed by atoms with Crippen LogP contribution in [0.1, 0.15) is 28.2 Å². The first-order valence-electron chi connectivity index (χ1n) is 9.15. The van der Waals surface area contributed by atoms with Gasteiger partial charge in [0.2, 0.25) is 0 Å². The van der Waals surface area contributed by atoms with E-state index in [0.717, 1.165) is 22.9 Å². The van der Waals surface area contributed by atoms with Crippen LogP contribution in [-0.2, 0) is 11.8 Å². The highest BCUT2D eigenvalue weighted by Crippen LogP contribution is 2.43. The molecule has 0 amide bonds. The number of nitrogens with zero attached hydrogens (tertiary/aromatic N) is 3. The number of halogens is 2. The molecule has 2 aromatic carbocycles. The van der Waals surface area contributed by atoms with E-state index >= 15 is 0 Å². The number of hydrogen-bond acceptors (Lipinski definition) is 4. The number of aromatic nitrogens is 4. The zero-order valence-corrected chi connectivity index (χ0v) is 15.5. The standard InChI is InChI=1S/C22H16F2N4O/c1-13-25-21(29-28-13)20-16-9-10-22(12-19(16)26-27-20,14-5-3-2-4-6-14)15-7-8-17(23)18(24)11-15/h2-11H,12H2,1H3,(H,26,27). The molecule has 7 heteroatoms. The molecule has 1 aliphatic carbocycles. The summed E-state index contributed by atoms with van der Waals surface area (Å²) < 4.78 is 32.9. The second-order valence-electron chi connectivity index (χ2n) is 7.09. The first kappa shape index (κ1) is 17.5. The lowest BCUT2D eigenvalue weighted by Gasteiger charge is -2.34. The van der Waals surface area contributed by atoms with Crippen molar-refractivity contribution in [2.45, 2.75) is 18.8 Å². The molecule has 144 valence electrons. The smallest absolute Gasteiger partial charge is 0.279 e. The lowest BCUT2D eigenvalue weighted by molar-refractivity contribution is 0.424. The fourth-order valence-electron chi connectivity index (χ4n) is 3.89. The molecule has 1 atom stereocenters. The molecule has 5 nitrogen and oxygen atoms in total. The van der Waals surface area contributed by atoms with E-state index in [1.165, 1.54) is 6.07 Å². The van der Waals surface area contributed by atoms with E-state index in [1.807, 2.05) is 42.5 Å². The van der Waals surface area contributed by atoms with E-state index in [2.05, 4.69) is 20.3 Å². The van der Waals surface area contributed by atoms with Gasteiger partial charge in [0.1, 0.15) is 0 Å². The van der Waals surface area contributed by atoms with Crippen molar-refractivity contribution in [2.24, 2.45) is 0 Å². The van der Waals surface area contributed by atoms with Crippen LogP contribution in [0.4, 0.5) is 8.78 Å². The van der Waals surface area contributed by atoms with Crippen molar-refractivity contribution in [1.29, 1.82) is 0 Å². The second kappa shape index (κ2) is 6.48. The van der Waals surface area contributed by atoms with Crippen molar-refractivity contribution in [3.63, 3.8) is 0 Å². The number of aromatic amines is 1. The van der Waals surface area contributed by atoms with Crippen LogP contribution in [0.5, 0.6) is 0 Å². The topological polar surface area (TPSA) is 67.6 Å². The summed E-state index contributed by atoms with van der Waals surface area (Å²) in [6, 6.07) is 13.8. The van der Waals surface area contributed by atoms with Gasteiger partial charge in [0.15, 0.2) is 23.2 Å². The van der Waals surface area contributed by atoms with E-state index in [-0.39, 0.29) is 0 Å². The van der Waals surface area contributed by atoms with Gasteiger partial charge in [-0.3, -0.25) is 5.10 Å². The summed E-state index contributed by atoms with van der Waals surface area (Å²) in [6.45, 7) is 1.74. The first-order valence-corrected chi connectivity index (χ1v) is 9.15. The summed E-state index contributed by atoms with van der Waals surface area (Å²) in [5.74, 6) is -0.877. The van der Waals surface area contributed by atoms with Gasteiger partial charge in [-0.05, 0) is 30.2 Å². The van der Waals surface area contributed by atoms with E-state index in [4.69, 9.17) is 4.52 Å². The molecule has 2 heterocycles. The normalized spacial score (nSPS) is 18.0. The summed E-state index contributed by atoms with van der Waals surface area (Å²) in [5, 5.41) is 11.2. The molecule has 29 heavy (non-hydrogen) atoms. The summed E-state index contributed by atoms with van der Waals surface area (Å²) in [4.78, 5) is 4.25. The number of nitrogens with one attached hydrogen (secondary N) is 1. The summed E-state index contributed by atoms with van der Waals surface area (Å²) >= 11 is 0. The van der Waals surface area contributed by atoms with Crippen LogP contribution in [0.2, 0.25) is 0 Å². The van der Waals surface area contributed by atoms with Crippen LogP contribution in [0.15, 0.2) is 59.1 Å². The van der Waals surface area contributed by atoms with Crippen LogP contribution in [0, 0.1) is 18.6 Å². The Labute approximate surface area is 165 Å². The van der Waals surface area contributed by atoms with Gasteiger partial charge in [-0.1, -0.05) is 53.7 Å². The number of H-pyrrole nitrogens is 1. The lowest BCUT2D eigenvalue weighted by Crippen LogP contribution is -2.30. The predicted octanol–water partition coefficient (Wildman–Crippen LogP) is 4.60. The van der Waals surface area contributed by atoms with Gasteiger partial charge in [0.25, 0.3) is 5.89 Å². The molecule has 5 rings (SSSR count). The molecule has 0 fully saturated rings. The van der Waals surface area contributed by atoms with Crippen LogP contribution < -0.4 is 0 Å².